The number of hydrogen-bond donors (Lipinski definition) is 2. The van der Waals surface area contributed by atoms with Crippen molar-refractivity contribution in [3.05, 3.63) is 28.8 Å². The molecule has 0 spiro atoms. The van der Waals surface area contributed by atoms with Crippen LogP contribution in [-0.4, -0.2) is 12.5 Å². The molecule has 0 radical (unpaired) electrons. The number of nitrogens with two attached hydrogens (primary N) is 1. The summed E-state index contributed by atoms with van der Waals surface area (Å²) in [6, 6.07) is 5.65. The fourth-order valence-corrected chi connectivity index (χ4v) is 3.08. The van der Waals surface area contributed by atoms with E-state index in [-0.39, 0.29) is 5.91 Å². The van der Waals surface area contributed by atoms with Crippen LogP contribution < -0.4 is 11.1 Å². The summed E-state index contributed by atoms with van der Waals surface area (Å²) in [6.07, 6.45) is 6.29. The lowest BCUT2D eigenvalue weighted by Gasteiger charge is -2.30. The Bertz CT molecular complexity index is 479. The van der Waals surface area contributed by atoms with Crippen LogP contribution in [0.5, 0.6) is 0 Å². The van der Waals surface area contributed by atoms with Crippen LogP contribution in [0.1, 0.15) is 44.1 Å². The van der Waals surface area contributed by atoms with Gasteiger partial charge in [0.25, 0.3) is 0 Å². The highest BCUT2D eigenvalue weighted by atomic mass is 35.5. The van der Waals surface area contributed by atoms with E-state index in [1.807, 2.05) is 25.1 Å². The molecule has 1 aromatic carbocycles. The Hall–Kier alpha value is -1.06. The maximum atomic E-state index is 12.7. The highest BCUT2D eigenvalue weighted by Gasteiger charge is 2.37. The molecule has 1 aromatic rings. The standard InChI is InChI=1S/C16H23ClN2O/c1-12-6-7-13(17)14(10-12)19-15(20)16(11-18)8-4-2-3-5-9-16/h6-7,10H,2-5,8-9,11,18H2,1H3,(H,19,20). The molecule has 1 aliphatic carbocycles. The second kappa shape index (κ2) is 6.59. The molecule has 0 aromatic heterocycles. The summed E-state index contributed by atoms with van der Waals surface area (Å²) in [4.78, 5) is 12.7. The van der Waals surface area contributed by atoms with Crippen LogP contribution in [-0.2, 0) is 4.79 Å². The van der Waals surface area contributed by atoms with Crippen LogP contribution in [0.25, 0.3) is 0 Å². The number of rotatable bonds is 3. The smallest absolute Gasteiger partial charge is 0.231 e. The van der Waals surface area contributed by atoms with Gasteiger partial charge in [0.2, 0.25) is 5.91 Å². The summed E-state index contributed by atoms with van der Waals surface area (Å²) >= 11 is 6.15. The molecule has 0 heterocycles. The number of halogens is 1. The summed E-state index contributed by atoms with van der Waals surface area (Å²) in [6.45, 7) is 2.39. The van der Waals surface area contributed by atoms with E-state index >= 15 is 0 Å². The molecule has 0 unspecified atom stereocenters. The summed E-state index contributed by atoms with van der Waals surface area (Å²) < 4.78 is 0. The quantitative estimate of drug-likeness (QED) is 0.831. The van der Waals surface area contributed by atoms with Gasteiger partial charge in [0, 0.05) is 6.54 Å². The first-order valence-corrected chi connectivity index (χ1v) is 7.73. The van der Waals surface area contributed by atoms with Crippen molar-refractivity contribution >= 4 is 23.2 Å². The van der Waals surface area contributed by atoms with E-state index in [0.717, 1.165) is 31.2 Å². The lowest BCUT2D eigenvalue weighted by atomic mass is 9.79. The van der Waals surface area contributed by atoms with Crippen LogP contribution in [0.2, 0.25) is 5.02 Å². The van der Waals surface area contributed by atoms with E-state index in [2.05, 4.69) is 5.32 Å². The van der Waals surface area contributed by atoms with Gasteiger partial charge < -0.3 is 11.1 Å². The van der Waals surface area contributed by atoms with Crippen LogP contribution >= 0.6 is 11.6 Å². The van der Waals surface area contributed by atoms with Crippen LogP contribution in [0.4, 0.5) is 5.69 Å². The van der Waals surface area contributed by atoms with Gasteiger partial charge in [-0.1, -0.05) is 43.4 Å². The van der Waals surface area contributed by atoms with Gasteiger partial charge in [-0.05, 0) is 37.5 Å². The fraction of sp³-hybridized carbons (Fsp3) is 0.562. The van der Waals surface area contributed by atoms with E-state index in [4.69, 9.17) is 17.3 Å². The minimum atomic E-state index is -0.427. The minimum Gasteiger partial charge on any atom is -0.329 e. The highest BCUT2D eigenvalue weighted by Crippen LogP contribution is 2.36. The molecule has 2 rings (SSSR count). The second-order valence-electron chi connectivity index (χ2n) is 5.84. The Kier molecular flexibility index (Phi) is 5.06. The molecule has 4 heteroatoms. The molecule has 1 fully saturated rings. The lowest BCUT2D eigenvalue weighted by Crippen LogP contribution is -2.42. The zero-order valence-electron chi connectivity index (χ0n) is 12.0. The molecule has 1 aliphatic rings. The molecular formula is C16H23ClN2O. The number of carbonyl (C=O) groups is 1. The average Bonchev–Trinajstić information content (AvgIpc) is 2.69. The Morgan fingerprint density at radius 3 is 2.55 bits per heavy atom. The predicted molar refractivity (Wildman–Crippen MR) is 84.0 cm³/mol. The highest BCUT2D eigenvalue weighted by molar-refractivity contribution is 6.33. The Balaban J connectivity index is 2.18. The fourth-order valence-electron chi connectivity index (χ4n) is 2.92. The van der Waals surface area contributed by atoms with E-state index in [1.54, 1.807) is 0 Å². The van der Waals surface area contributed by atoms with Gasteiger partial charge in [0.15, 0.2) is 0 Å². The molecule has 0 atom stereocenters. The van der Waals surface area contributed by atoms with Gasteiger partial charge in [-0.15, -0.1) is 0 Å². The number of benzene rings is 1. The number of nitrogens with one attached hydrogen (secondary N) is 1. The van der Waals surface area contributed by atoms with Crippen molar-refractivity contribution in [1.82, 2.24) is 0 Å². The van der Waals surface area contributed by atoms with Gasteiger partial charge in [0.1, 0.15) is 0 Å². The van der Waals surface area contributed by atoms with Gasteiger partial charge in [-0.2, -0.15) is 0 Å². The molecule has 0 saturated heterocycles. The number of anilines is 1. The summed E-state index contributed by atoms with van der Waals surface area (Å²) in [5.41, 5.74) is 7.27. The maximum absolute atomic E-state index is 12.7. The molecule has 3 N–H and O–H groups in total. The third-order valence-electron chi connectivity index (χ3n) is 4.30. The van der Waals surface area contributed by atoms with E-state index < -0.39 is 5.41 Å². The van der Waals surface area contributed by atoms with Crippen LogP contribution in [0.3, 0.4) is 0 Å². The molecule has 0 bridgehead atoms. The lowest BCUT2D eigenvalue weighted by molar-refractivity contribution is -0.125. The van der Waals surface area contributed by atoms with Gasteiger partial charge in [-0.25, -0.2) is 0 Å². The first-order valence-electron chi connectivity index (χ1n) is 7.35. The monoisotopic (exact) mass is 294 g/mol. The molecule has 20 heavy (non-hydrogen) atoms. The van der Waals surface area contributed by atoms with Gasteiger partial charge >= 0.3 is 0 Å². The maximum Gasteiger partial charge on any atom is 0.231 e. The Labute approximate surface area is 125 Å². The summed E-state index contributed by atoms with van der Waals surface area (Å²) in [7, 11) is 0. The van der Waals surface area contributed by atoms with Crippen molar-refractivity contribution in [3.63, 3.8) is 0 Å². The molecule has 110 valence electrons. The third kappa shape index (κ3) is 3.33. The molecule has 1 saturated carbocycles. The number of aryl methyl sites for hydroxylation is 1. The average molecular weight is 295 g/mol. The zero-order valence-corrected chi connectivity index (χ0v) is 12.8. The largest absolute Gasteiger partial charge is 0.329 e. The van der Waals surface area contributed by atoms with Crippen molar-refractivity contribution in [1.29, 1.82) is 0 Å². The van der Waals surface area contributed by atoms with Crippen molar-refractivity contribution < 1.29 is 4.79 Å². The third-order valence-corrected chi connectivity index (χ3v) is 4.63. The molecule has 3 nitrogen and oxygen atoms in total. The Morgan fingerprint density at radius 2 is 1.95 bits per heavy atom. The van der Waals surface area contributed by atoms with Crippen LogP contribution in [0, 0.1) is 12.3 Å². The topological polar surface area (TPSA) is 55.1 Å². The van der Waals surface area contributed by atoms with Gasteiger partial charge in [0.05, 0.1) is 16.1 Å². The van der Waals surface area contributed by atoms with Crippen molar-refractivity contribution in [2.24, 2.45) is 11.1 Å². The SMILES string of the molecule is Cc1ccc(Cl)c(NC(=O)C2(CN)CCCCCC2)c1. The summed E-state index contributed by atoms with van der Waals surface area (Å²) in [5.74, 6) is 0.0226. The molecule has 1 amide bonds. The van der Waals surface area contributed by atoms with Crippen LogP contribution in [0.15, 0.2) is 18.2 Å². The molecule has 0 aliphatic heterocycles. The van der Waals surface area contributed by atoms with Crippen molar-refractivity contribution in [2.75, 3.05) is 11.9 Å². The Morgan fingerprint density at radius 1 is 1.30 bits per heavy atom. The van der Waals surface area contributed by atoms with E-state index in [0.29, 0.717) is 17.3 Å². The molecular weight excluding hydrogens is 272 g/mol. The number of amides is 1. The predicted octanol–water partition coefficient (Wildman–Crippen LogP) is 3.89. The van der Waals surface area contributed by atoms with E-state index in [1.165, 1.54) is 12.8 Å². The minimum absolute atomic E-state index is 0.0226. The zero-order chi connectivity index (χ0) is 14.6. The van der Waals surface area contributed by atoms with E-state index in [9.17, 15) is 4.79 Å². The summed E-state index contributed by atoms with van der Waals surface area (Å²) in [5, 5.41) is 3.56. The number of carbonyl (C=O) groups excluding carboxylic acids is 1. The van der Waals surface area contributed by atoms with Crippen molar-refractivity contribution in [3.8, 4) is 0 Å². The number of hydrogen-bond acceptors (Lipinski definition) is 2. The normalized spacial score (nSPS) is 18.4. The second-order valence-corrected chi connectivity index (χ2v) is 6.24. The van der Waals surface area contributed by atoms with Gasteiger partial charge in [-0.3, -0.25) is 4.79 Å². The van der Waals surface area contributed by atoms with Crippen molar-refractivity contribution in [2.45, 2.75) is 45.4 Å². The first-order chi connectivity index (χ1) is 9.57. The first kappa shape index (κ1) is 15.3.